The van der Waals surface area contributed by atoms with Gasteiger partial charge in [0.1, 0.15) is 0 Å². The van der Waals surface area contributed by atoms with Crippen molar-refractivity contribution in [2.45, 2.75) is 0 Å². The molecule has 1 aromatic carbocycles. The Kier molecular flexibility index (Phi) is 5.74. The maximum Gasteiger partial charge on any atom is 0.388 e. The molecule has 0 bridgehead atoms. The molecule has 76 valence electrons. The number of benzene rings is 1. The van der Waals surface area contributed by atoms with Gasteiger partial charge in [-0.3, -0.25) is 4.55 Å². The third kappa shape index (κ3) is 8.89. The largest absolute Gasteiger partial charge is 0.388 e. The number of nitrogens with zero attached hydrogens (tertiary/aromatic N) is 1. The zero-order chi connectivity index (χ0) is 11.0. The Hall–Kier alpha value is -1.20. The molecule has 0 spiro atoms. The normalized spacial score (nSPS) is 9.29. The fourth-order valence-corrected chi connectivity index (χ4v) is 0.701. The monoisotopic (exact) mass is 235 g/mol. The Labute approximate surface area is 85.9 Å². The van der Waals surface area contributed by atoms with Gasteiger partial charge in [-0.15, -0.1) is 0 Å². The maximum absolute atomic E-state index is 9.36. The van der Waals surface area contributed by atoms with E-state index in [2.05, 4.69) is 0 Å². The van der Waals surface area contributed by atoms with Crippen LogP contribution in [0.4, 0.5) is 0 Å². The van der Waals surface area contributed by atoms with Gasteiger partial charge < -0.3 is 0 Å². The van der Waals surface area contributed by atoms with Gasteiger partial charge >= 0.3 is 10.3 Å². The average molecular weight is 236 g/mol. The third-order valence-corrected chi connectivity index (χ3v) is 1.44. The molecule has 1 rings (SSSR count). The van der Waals surface area contributed by atoms with E-state index < -0.39 is 10.3 Å². The van der Waals surface area contributed by atoms with Gasteiger partial charge in [0, 0.05) is 5.02 Å². The van der Waals surface area contributed by atoms with Crippen LogP contribution in [0.5, 0.6) is 0 Å². The van der Waals surface area contributed by atoms with Crippen molar-refractivity contribution in [1.82, 2.24) is 0 Å². The highest BCUT2D eigenvalue weighted by atomic mass is 35.5. The van der Waals surface area contributed by atoms with Crippen molar-refractivity contribution in [3.63, 3.8) is 0 Å². The van der Waals surface area contributed by atoms with Gasteiger partial charge in [0.15, 0.2) is 0 Å². The second-order valence-corrected chi connectivity index (χ2v) is 3.44. The number of isocyanates is 1. The van der Waals surface area contributed by atoms with Crippen molar-refractivity contribution >= 4 is 28.0 Å². The number of rotatable bonds is 1. The van der Waals surface area contributed by atoms with E-state index in [1.165, 1.54) is 0 Å². The molecule has 0 aromatic heterocycles. The van der Waals surface area contributed by atoms with E-state index in [9.17, 15) is 8.42 Å². The molecular formula is C7H6ClNO4S. The maximum atomic E-state index is 9.36. The minimum absolute atomic E-state index is 0.645. The lowest BCUT2D eigenvalue weighted by Crippen LogP contribution is -1.87. The lowest BCUT2D eigenvalue weighted by molar-refractivity contribution is 0.484. The van der Waals surface area contributed by atoms with E-state index >= 15 is 0 Å². The van der Waals surface area contributed by atoms with Crippen molar-refractivity contribution in [2.24, 2.45) is 4.40 Å². The zero-order valence-electron chi connectivity index (χ0n) is 6.79. The fourth-order valence-electron chi connectivity index (χ4n) is 0.462. The summed E-state index contributed by atoms with van der Waals surface area (Å²) in [6, 6.07) is 9.44. The van der Waals surface area contributed by atoms with Crippen molar-refractivity contribution in [3.8, 4) is 0 Å². The highest BCUT2D eigenvalue weighted by Gasteiger charge is 1.93. The second-order valence-electron chi connectivity index (χ2n) is 1.93. The zero-order valence-corrected chi connectivity index (χ0v) is 8.36. The lowest BCUT2D eigenvalue weighted by atomic mass is 10.4. The Morgan fingerprint density at radius 1 is 1.29 bits per heavy atom. The Morgan fingerprint density at radius 3 is 1.93 bits per heavy atom. The molecule has 1 N–H and O–H groups in total. The topological polar surface area (TPSA) is 83.8 Å². The van der Waals surface area contributed by atoms with Crippen LogP contribution in [-0.4, -0.2) is 19.1 Å². The summed E-state index contributed by atoms with van der Waals surface area (Å²) >= 11 is 5.54. The molecule has 0 aliphatic rings. The first-order chi connectivity index (χ1) is 6.45. The highest BCUT2D eigenvalue weighted by molar-refractivity contribution is 7.84. The molecular weight excluding hydrogens is 230 g/mol. The second kappa shape index (κ2) is 6.28. The molecule has 1 aromatic rings. The molecule has 7 heteroatoms. The van der Waals surface area contributed by atoms with E-state index in [0.29, 0.717) is 6.08 Å². The van der Waals surface area contributed by atoms with Crippen LogP contribution in [-0.2, 0) is 15.1 Å². The number of hydrogen-bond acceptors (Lipinski definition) is 3. The fraction of sp³-hybridized carbons (Fsp3) is 0. The molecule has 0 fully saturated rings. The summed E-state index contributed by atoms with van der Waals surface area (Å²) in [5.74, 6) is 0. The van der Waals surface area contributed by atoms with E-state index in [-0.39, 0.29) is 0 Å². The summed E-state index contributed by atoms with van der Waals surface area (Å²) in [7, 11) is -4.47. The van der Waals surface area contributed by atoms with Crippen LogP contribution >= 0.6 is 11.6 Å². The number of hydrogen-bond donors (Lipinski definition) is 1. The summed E-state index contributed by atoms with van der Waals surface area (Å²) in [5.41, 5.74) is 0. The van der Waals surface area contributed by atoms with Gasteiger partial charge in [-0.2, -0.15) is 8.42 Å². The minimum Gasteiger partial charge on any atom is -0.267 e. The number of halogens is 1. The molecule has 5 nitrogen and oxygen atoms in total. The Balaban J connectivity index is 0.000000241. The first-order valence-electron chi connectivity index (χ1n) is 3.23. The summed E-state index contributed by atoms with van der Waals surface area (Å²) in [4.78, 5) is 8.99. The van der Waals surface area contributed by atoms with Gasteiger partial charge in [0.2, 0.25) is 0 Å². The van der Waals surface area contributed by atoms with Crippen LogP contribution in [0.25, 0.3) is 0 Å². The predicted octanol–water partition coefficient (Wildman–Crippen LogP) is 1.46. The van der Waals surface area contributed by atoms with Crippen molar-refractivity contribution in [2.75, 3.05) is 0 Å². The van der Waals surface area contributed by atoms with E-state index in [1.807, 2.05) is 34.7 Å². The van der Waals surface area contributed by atoms with Gasteiger partial charge in [0.25, 0.3) is 6.08 Å². The van der Waals surface area contributed by atoms with Gasteiger partial charge in [-0.25, -0.2) is 4.79 Å². The third-order valence-electron chi connectivity index (χ3n) is 0.886. The van der Waals surface area contributed by atoms with Crippen molar-refractivity contribution in [1.29, 1.82) is 0 Å². The van der Waals surface area contributed by atoms with Gasteiger partial charge in [-0.1, -0.05) is 34.2 Å². The first kappa shape index (κ1) is 12.8. The van der Waals surface area contributed by atoms with Crippen LogP contribution in [0, 0.1) is 0 Å². The molecule has 0 saturated heterocycles. The van der Waals surface area contributed by atoms with Crippen LogP contribution in [0.15, 0.2) is 34.7 Å². The van der Waals surface area contributed by atoms with E-state index in [1.54, 1.807) is 0 Å². The Morgan fingerprint density at radius 2 is 1.79 bits per heavy atom. The standard InChI is InChI=1S/C6H5Cl.CHNO4S/c7-6-4-2-1-3-5-6;3-1-2-7(4,5)6/h1-5H;(H,4,5,6). The number of carbonyl (C=O) groups excluding carboxylic acids is 1. The lowest BCUT2D eigenvalue weighted by Gasteiger charge is -1.80. The molecule has 0 amide bonds. The van der Waals surface area contributed by atoms with Crippen LogP contribution in [0.3, 0.4) is 0 Å². The highest BCUT2D eigenvalue weighted by Crippen LogP contribution is 2.03. The van der Waals surface area contributed by atoms with E-state index in [0.717, 1.165) is 5.02 Å². The summed E-state index contributed by atoms with van der Waals surface area (Å²) in [6.07, 6.45) is 0.645. The molecule has 0 heterocycles. The summed E-state index contributed by atoms with van der Waals surface area (Å²) in [5, 5.41) is 0.794. The SMILES string of the molecule is Clc1ccccc1.O=C=NS(=O)(=O)O. The summed E-state index contributed by atoms with van der Waals surface area (Å²) < 4.78 is 28.3. The smallest absolute Gasteiger partial charge is 0.267 e. The average Bonchev–Trinajstić information content (AvgIpc) is 2.04. The molecule has 0 saturated carbocycles. The van der Waals surface area contributed by atoms with Gasteiger partial charge in [-0.05, 0) is 12.1 Å². The Bertz CT molecular complexity index is 411. The van der Waals surface area contributed by atoms with E-state index in [4.69, 9.17) is 20.9 Å². The van der Waals surface area contributed by atoms with Crippen LogP contribution in [0.1, 0.15) is 0 Å². The van der Waals surface area contributed by atoms with Crippen LogP contribution < -0.4 is 0 Å². The first-order valence-corrected chi connectivity index (χ1v) is 5.00. The predicted molar refractivity (Wildman–Crippen MR) is 51.1 cm³/mol. The van der Waals surface area contributed by atoms with Gasteiger partial charge in [0.05, 0.1) is 0 Å². The molecule has 0 aliphatic heterocycles. The quantitative estimate of drug-likeness (QED) is 0.454. The molecule has 0 atom stereocenters. The summed E-state index contributed by atoms with van der Waals surface area (Å²) in [6.45, 7) is 0. The minimum atomic E-state index is -4.47. The van der Waals surface area contributed by atoms with Crippen molar-refractivity contribution in [3.05, 3.63) is 35.4 Å². The molecule has 14 heavy (non-hydrogen) atoms. The molecule has 0 radical (unpaired) electrons. The molecule has 0 unspecified atom stereocenters. The van der Waals surface area contributed by atoms with Crippen molar-refractivity contribution < 1.29 is 17.8 Å². The van der Waals surface area contributed by atoms with Crippen LogP contribution in [0.2, 0.25) is 5.02 Å². The molecule has 0 aliphatic carbocycles.